The first-order chi connectivity index (χ1) is 14.3. The first-order valence-corrected chi connectivity index (χ1v) is 9.46. The molecule has 0 fully saturated rings. The molecule has 0 saturated heterocycles. The molecule has 0 N–H and O–H groups in total. The summed E-state index contributed by atoms with van der Waals surface area (Å²) in [6, 6.07) is 15.0. The van der Waals surface area contributed by atoms with E-state index >= 15 is 0 Å². The number of para-hydroxylation sites is 1. The summed E-state index contributed by atoms with van der Waals surface area (Å²) in [5.74, 6) is -0.180. The molecular weight excluding hydrogens is 384 g/mol. The van der Waals surface area contributed by atoms with Gasteiger partial charge in [0.15, 0.2) is 11.5 Å². The Balaban J connectivity index is 2.23. The molecule has 0 bridgehead atoms. The van der Waals surface area contributed by atoms with Crippen molar-refractivity contribution in [1.29, 1.82) is 0 Å². The van der Waals surface area contributed by atoms with Gasteiger partial charge in [-0.15, -0.1) is 0 Å². The van der Waals surface area contributed by atoms with Gasteiger partial charge >= 0.3 is 11.9 Å². The number of carbonyl (C=O) groups excluding carboxylic acids is 2. The molecular formula is C24H26O6. The molecule has 2 rings (SSSR count). The molecule has 6 nitrogen and oxygen atoms in total. The maximum absolute atomic E-state index is 11.8. The Morgan fingerprint density at radius 3 is 2.20 bits per heavy atom. The summed E-state index contributed by atoms with van der Waals surface area (Å²) in [4.78, 5) is 23.3. The molecule has 1 atom stereocenters. The van der Waals surface area contributed by atoms with E-state index in [2.05, 4.69) is 13.2 Å². The molecule has 0 spiro atoms. The molecule has 0 radical (unpaired) electrons. The minimum atomic E-state index is -0.873. The Bertz CT molecular complexity index is 917. The molecule has 6 heteroatoms. The fourth-order valence-electron chi connectivity index (χ4n) is 2.45. The highest BCUT2D eigenvalue weighted by Crippen LogP contribution is 2.39. The Kier molecular flexibility index (Phi) is 8.23. The molecule has 0 aliphatic rings. The largest absolute Gasteiger partial charge is 0.486 e. The van der Waals surface area contributed by atoms with Crippen LogP contribution in [0.25, 0.3) is 11.1 Å². The van der Waals surface area contributed by atoms with Gasteiger partial charge in [0.25, 0.3) is 0 Å². The predicted octanol–water partition coefficient (Wildman–Crippen LogP) is 4.70. The van der Waals surface area contributed by atoms with Crippen LogP contribution in [-0.4, -0.2) is 31.4 Å². The molecule has 2 aromatic rings. The van der Waals surface area contributed by atoms with E-state index in [9.17, 15) is 9.59 Å². The van der Waals surface area contributed by atoms with Crippen LogP contribution in [0.3, 0.4) is 0 Å². The lowest BCUT2D eigenvalue weighted by atomic mass is 10.0. The highest BCUT2D eigenvalue weighted by atomic mass is 16.7. The Morgan fingerprint density at radius 2 is 1.57 bits per heavy atom. The molecule has 0 aliphatic carbocycles. The fourth-order valence-corrected chi connectivity index (χ4v) is 2.45. The number of carbonyl (C=O) groups is 2. The van der Waals surface area contributed by atoms with Crippen LogP contribution in [0.4, 0.5) is 0 Å². The zero-order chi connectivity index (χ0) is 22.1. The second kappa shape index (κ2) is 10.9. The van der Waals surface area contributed by atoms with Gasteiger partial charge in [-0.25, -0.2) is 9.59 Å². The summed E-state index contributed by atoms with van der Waals surface area (Å²) >= 11 is 0. The number of benzene rings is 2. The van der Waals surface area contributed by atoms with Crippen molar-refractivity contribution in [2.24, 2.45) is 0 Å². The number of hydrogen-bond donors (Lipinski definition) is 0. The topological polar surface area (TPSA) is 71.1 Å². The van der Waals surface area contributed by atoms with Crippen molar-refractivity contribution in [3.05, 3.63) is 72.8 Å². The van der Waals surface area contributed by atoms with Gasteiger partial charge in [0.2, 0.25) is 6.29 Å². The molecule has 2 aromatic carbocycles. The summed E-state index contributed by atoms with van der Waals surface area (Å²) in [6.07, 6.45) is -0.873. The SMILES string of the molecule is C=C(C)C(=O)OCCOc1cccc(-c2ccccc2)c1OC(C)OC(=O)C(=C)C. The lowest BCUT2D eigenvalue weighted by Crippen LogP contribution is -2.22. The number of ether oxygens (including phenoxy) is 4. The summed E-state index contributed by atoms with van der Waals surface area (Å²) in [5, 5.41) is 0. The van der Waals surface area contributed by atoms with E-state index in [1.807, 2.05) is 42.5 Å². The maximum Gasteiger partial charge on any atom is 0.336 e. The van der Waals surface area contributed by atoms with Crippen molar-refractivity contribution < 1.29 is 28.5 Å². The van der Waals surface area contributed by atoms with Crippen LogP contribution < -0.4 is 9.47 Å². The zero-order valence-electron chi connectivity index (χ0n) is 17.5. The third-order valence-electron chi connectivity index (χ3n) is 3.89. The average molecular weight is 410 g/mol. The lowest BCUT2D eigenvalue weighted by molar-refractivity contribution is -0.156. The first kappa shape index (κ1) is 22.7. The Morgan fingerprint density at radius 1 is 0.900 bits per heavy atom. The van der Waals surface area contributed by atoms with Gasteiger partial charge in [-0.05, 0) is 25.5 Å². The summed E-state index contributed by atoms with van der Waals surface area (Å²) in [6.45, 7) is 12.0. The number of esters is 2. The highest BCUT2D eigenvalue weighted by molar-refractivity contribution is 5.87. The minimum Gasteiger partial charge on any atom is -0.486 e. The monoisotopic (exact) mass is 410 g/mol. The third-order valence-corrected chi connectivity index (χ3v) is 3.89. The average Bonchev–Trinajstić information content (AvgIpc) is 2.72. The predicted molar refractivity (Wildman–Crippen MR) is 114 cm³/mol. The Labute approximate surface area is 176 Å². The van der Waals surface area contributed by atoms with Crippen molar-refractivity contribution in [3.63, 3.8) is 0 Å². The van der Waals surface area contributed by atoms with Crippen LogP contribution in [0.2, 0.25) is 0 Å². The lowest BCUT2D eigenvalue weighted by Gasteiger charge is -2.21. The van der Waals surface area contributed by atoms with Gasteiger partial charge in [-0.3, -0.25) is 0 Å². The third kappa shape index (κ3) is 6.51. The normalized spacial score (nSPS) is 11.2. The second-order valence-electron chi connectivity index (χ2n) is 6.63. The second-order valence-corrected chi connectivity index (χ2v) is 6.63. The van der Waals surface area contributed by atoms with Gasteiger partial charge in [-0.2, -0.15) is 0 Å². The van der Waals surface area contributed by atoms with Crippen LogP contribution in [0, 0.1) is 0 Å². The first-order valence-electron chi connectivity index (χ1n) is 9.46. The highest BCUT2D eigenvalue weighted by Gasteiger charge is 2.18. The van der Waals surface area contributed by atoms with E-state index in [1.165, 1.54) is 0 Å². The standard InChI is InChI=1S/C24H26O6/c1-16(2)23(25)28-15-14-27-21-13-9-12-20(19-10-7-6-8-11-19)22(21)29-18(5)30-24(26)17(3)4/h6-13,18H,1,3,14-15H2,2,4-5H3. The van der Waals surface area contributed by atoms with E-state index in [0.717, 1.165) is 11.1 Å². The quantitative estimate of drug-likeness (QED) is 0.245. The number of rotatable bonds is 10. The van der Waals surface area contributed by atoms with Crippen molar-refractivity contribution >= 4 is 11.9 Å². The minimum absolute atomic E-state index is 0.0564. The van der Waals surface area contributed by atoms with Crippen LogP contribution >= 0.6 is 0 Å². The van der Waals surface area contributed by atoms with Crippen molar-refractivity contribution in [2.75, 3.05) is 13.2 Å². The van der Waals surface area contributed by atoms with E-state index in [-0.39, 0.29) is 18.8 Å². The molecule has 0 aliphatic heterocycles. The fraction of sp³-hybridized carbons (Fsp3) is 0.250. The summed E-state index contributed by atoms with van der Waals surface area (Å²) in [5.41, 5.74) is 2.27. The van der Waals surface area contributed by atoms with Crippen molar-refractivity contribution in [3.8, 4) is 22.6 Å². The van der Waals surface area contributed by atoms with Crippen molar-refractivity contribution in [1.82, 2.24) is 0 Å². The van der Waals surface area contributed by atoms with Gasteiger partial charge in [0.05, 0.1) is 0 Å². The Hall–Kier alpha value is -3.54. The molecule has 158 valence electrons. The molecule has 0 heterocycles. The van der Waals surface area contributed by atoms with Gasteiger partial charge < -0.3 is 18.9 Å². The molecule has 30 heavy (non-hydrogen) atoms. The van der Waals surface area contributed by atoms with E-state index in [1.54, 1.807) is 26.8 Å². The van der Waals surface area contributed by atoms with Crippen molar-refractivity contribution in [2.45, 2.75) is 27.1 Å². The zero-order valence-corrected chi connectivity index (χ0v) is 17.5. The smallest absolute Gasteiger partial charge is 0.336 e. The van der Waals surface area contributed by atoms with E-state index < -0.39 is 18.2 Å². The molecule has 0 aromatic heterocycles. The summed E-state index contributed by atoms with van der Waals surface area (Å²) in [7, 11) is 0. The molecule has 0 amide bonds. The molecule has 0 saturated carbocycles. The maximum atomic E-state index is 11.8. The van der Waals surface area contributed by atoms with Crippen LogP contribution in [0.1, 0.15) is 20.8 Å². The van der Waals surface area contributed by atoms with E-state index in [4.69, 9.17) is 18.9 Å². The van der Waals surface area contributed by atoms with Gasteiger partial charge in [0.1, 0.15) is 13.2 Å². The van der Waals surface area contributed by atoms with Gasteiger partial charge in [0, 0.05) is 23.6 Å². The summed E-state index contributed by atoms with van der Waals surface area (Å²) < 4.78 is 22.0. The van der Waals surface area contributed by atoms with Gasteiger partial charge in [-0.1, -0.05) is 55.6 Å². The number of hydrogen-bond acceptors (Lipinski definition) is 6. The van der Waals surface area contributed by atoms with Crippen LogP contribution in [-0.2, 0) is 19.1 Å². The molecule has 1 unspecified atom stereocenters. The van der Waals surface area contributed by atoms with Crippen LogP contribution in [0.15, 0.2) is 72.8 Å². The van der Waals surface area contributed by atoms with Crippen LogP contribution in [0.5, 0.6) is 11.5 Å². The van der Waals surface area contributed by atoms with E-state index in [0.29, 0.717) is 17.1 Å².